The lowest BCUT2D eigenvalue weighted by Crippen LogP contribution is -2.15. The second kappa shape index (κ2) is 7.45. The van der Waals surface area contributed by atoms with Crippen LogP contribution in [0.4, 0.5) is 0 Å². The van der Waals surface area contributed by atoms with Crippen molar-refractivity contribution in [2.45, 2.75) is 52.1 Å². The number of ether oxygens (including phenoxy) is 1. The summed E-state index contributed by atoms with van der Waals surface area (Å²) in [6.45, 7) is 8.56. The Balaban J connectivity index is 1.95. The average Bonchev–Trinajstić information content (AvgIpc) is 2.56. The number of hydrogen-bond donors (Lipinski definition) is 0. The highest BCUT2D eigenvalue weighted by Crippen LogP contribution is 2.27. The fourth-order valence-electron chi connectivity index (χ4n) is 2.48. The van der Waals surface area contributed by atoms with E-state index in [1.54, 1.807) is 0 Å². The van der Waals surface area contributed by atoms with Gasteiger partial charge in [-0.2, -0.15) is 0 Å². The molecular weight excluding hydrogens is 284 g/mol. The van der Waals surface area contributed by atoms with Gasteiger partial charge in [0.05, 0.1) is 6.42 Å². The van der Waals surface area contributed by atoms with E-state index in [1.165, 1.54) is 5.56 Å². The van der Waals surface area contributed by atoms with Crippen LogP contribution in [0.15, 0.2) is 54.6 Å². The summed E-state index contributed by atoms with van der Waals surface area (Å²) in [7, 11) is 0. The summed E-state index contributed by atoms with van der Waals surface area (Å²) in [6, 6.07) is 18.1. The maximum absolute atomic E-state index is 12.1. The van der Waals surface area contributed by atoms with Crippen LogP contribution in [-0.2, 0) is 21.4 Å². The van der Waals surface area contributed by atoms with E-state index in [0.717, 1.165) is 17.5 Å². The molecule has 2 nitrogen and oxygen atoms in total. The molecule has 122 valence electrons. The van der Waals surface area contributed by atoms with E-state index in [-0.39, 0.29) is 17.5 Å². The highest BCUT2D eigenvalue weighted by atomic mass is 16.5. The standard InChI is InChI=1S/C21H26O2/c1-5-21(3,4)19-13-11-17(12-14-19)15-20(22)23-16(2)18-9-7-6-8-10-18/h6-14,16H,5,15H2,1-4H3. The van der Waals surface area contributed by atoms with Gasteiger partial charge in [0, 0.05) is 0 Å². The van der Waals surface area contributed by atoms with Gasteiger partial charge in [-0.15, -0.1) is 0 Å². The second-order valence-electron chi connectivity index (χ2n) is 6.65. The zero-order valence-corrected chi connectivity index (χ0v) is 14.5. The van der Waals surface area contributed by atoms with Crippen molar-refractivity contribution in [3.05, 3.63) is 71.3 Å². The predicted molar refractivity (Wildman–Crippen MR) is 94.4 cm³/mol. The van der Waals surface area contributed by atoms with Gasteiger partial charge < -0.3 is 4.74 Å². The largest absolute Gasteiger partial charge is 0.458 e. The molecule has 23 heavy (non-hydrogen) atoms. The molecule has 2 aromatic rings. The van der Waals surface area contributed by atoms with Crippen LogP contribution in [0.3, 0.4) is 0 Å². The number of carbonyl (C=O) groups excluding carboxylic acids is 1. The van der Waals surface area contributed by atoms with Crippen LogP contribution < -0.4 is 0 Å². The summed E-state index contributed by atoms with van der Waals surface area (Å²) in [4.78, 5) is 12.1. The molecule has 0 radical (unpaired) electrons. The van der Waals surface area contributed by atoms with Gasteiger partial charge in [0.25, 0.3) is 0 Å². The molecule has 0 saturated heterocycles. The molecule has 0 N–H and O–H groups in total. The van der Waals surface area contributed by atoms with Gasteiger partial charge in [-0.25, -0.2) is 0 Å². The monoisotopic (exact) mass is 310 g/mol. The fourth-order valence-corrected chi connectivity index (χ4v) is 2.48. The molecule has 0 aliphatic heterocycles. The van der Waals surface area contributed by atoms with Crippen molar-refractivity contribution in [3.8, 4) is 0 Å². The molecule has 0 aliphatic rings. The third-order valence-electron chi connectivity index (χ3n) is 4.54. The lowest BCUT2D eigenvalue weighted by Gasteiger charge is -2.23. The Morgan fingerprint density at radius 1 is 1.04 bits per heavy atom. The summed E-state index contributed by atoms with van der Waals surface area (Å²) in [5.74, 6) is -0.191. The summed E-state index contributed by atoms with van der Waals surface area (Å²) in [5, 5.41) is 0. The minimum Gasteiger partial charge on any atom is -0.458 e. The third kappa shape index (κ3) is 4.69. The first-order valence-electron chi connectivity index (χ1n) is 8.26. The first-order valence-corrected chi connectivity index (χ1v) is 8.26. The highest BCUT2D eigenvalue weighted by Gasteiger charge is 2.18. The van der Waals surface area contributed by atoms with E-state index < -0.39 is 0 Å². The Morgan fingerprint density at radius 3 is 2.22 bits per heavy atom. The van der Waals surface area contributed by atoms with Crippen molar-refractivity contribution in [3.63, 3.8) is 0 Å². The molecule has 1 unspecified atom stereocenters. The number of esters is 1. The molecule has 2 heteroatoms. The van der Waals surface area contributed by atoms with Gasteiger partial charge >= 0.3 is 5.97 Å². The van der Waals surface area contributed by atoms with E-state index >= 15 is 0 Å². The quantitative estimate of drug-likeness (QED) is 0.684. The molecule has 0 aliphatic carbocycles. The van der Waals surface area contributed by atoms with Gasteiger partial charge in [-0.1, -0.05) is 75.4 Å². The van der Waals surface area contributed by atoms with Gasteiger partial charge in [0.2, 0.25) is 0 Å². The summed E-state index contributed by atoms with van der Waals surface area (Å²) >= 11 is 0. The maximum atomic E-state index is 12.1. The lowest BCUT2D eigenvalue weighted by molar-refractivity contribution is -0.147. The minimum absolute atomic E-state index is 0.168. The normalized spacial score (nSPS) is 12.7. The van der Waals surface area contributed by atoms with E-state index in [1.807, 2.05) is 49.4 Å². The minimum atomic E-state index is -0.220. The van der Waals surface area contributed by atoms with Crippen molar-refractivity contribution in [1.29, 1.82) is 0 Å². The van der Waals surface area contributed by atoms with Crippen molar-refractivity contribution in [2.24, 2.45) is 0 Å². The molecule has 0 heterocycles. The lowest BCUT2D eigenvalue weighted by atomic mass is 9.82. The molecule has 1 atom stereocenters. The number of hydrogen-bond acceptors (Lipinski definition) is 2. The highest BCUT2D eigenvalue weighted by molar-refractivity contribution is 5.72. The smallest absolute Gasteiger partial charge is 0.310 e. The molecular formula is C21H26O2. The van der Waals surface area contributed by atoms with Crippen LogP contribution >= 0.6 is 0 Å². The molecule has 0 spiro atoms. The van der Waals surface area contributed by atoms with Crippen LogP contribution in [-0.4, -0.2) is 5.97 Å². The molecule has 0 aromatic heterocycles. The zero-order valence-electron chi connectivity index (χ0n) is 14.5. The first-order chi connectivity index (χ1) is 10.9. The Morgan fingerprint density at radius 2 is 1.65 bits per heavy atom. The van der Waals surface area contributed by atoms with Crippen LogP contribution in [0.25, 0.3) is 0 Å². The fraction of sp³-hybridized carbons (Fsp3) is 0.381. The number of rotatable bonds is 6. The Hall–Kier alpha value is -2.09. The molecule has 0 bridgehead atoms. The molecule has 0 fully saturated rings. The molecule has 2 rings (SSSR count). The van der Waals surface area contributed by atoms with Crippen molar-refractivity contribution in [1.82, 2.24) is 0 Å². The van der Waals surface area contributed by atoms with E-state index in [0.29, 0.717) is 6.42 Å². The van der Waals surface area contributed by atoms with Crippen LogP contribution in [0, 0.1) is 0 Å². The Bertz CT molecular complexity index is 627. The third-order valence-corrected chi connectivity index (χ3v) is 4.54. The summed E-state index contributed by atoms with van der Waals surface area (Å²) < 4.78 is 5.52. The maximum Gasteiger partial charge on any atom is 0.310 e. The van der Waals surface area contributed by atoms with Gasteiger partial charge in [-0.05, 0) is 35.4 Å². The number of benzene rings is 2. The van der Waals surface area contributed by atoms with Crippen molar-refractivity contribution >= 4 is 5.97 Å². The number of carbonyl (C=O) groups is 1. The van der Waals surface area contributed by atoms with E-state index in [9.17, 15) is 4.79 Å². The second-order valence-corrected chi connectivity index (χ2v) is 6.65. The van der Waals surface area contributed by atoms with Gasteiger partial charge in [0.15, 0.2) is 0 Å². The first kappa shape index (κ1) is 17.3. The molecule has 0 saturated carbocycles. The van der Waals surface area contributed by atoms with Gasteiger partial charge in [0.1, 0.15) is 6.10 Å². The molecule has 2 aromatic carbocycles. The topological polar surface area (TPSA) is 26.3 Å². The SMILES string of the molecule is CCC(C)(C)c1ccc(CC(=O)OC(C)c2ccccc2)cc1. The van der Waals surface area contributed by atoms with Gasteiger partial charge in [-0.3, -0.25) is 4.79 Å². The van der Waals surface area contributed by atoms with Crippen LogP contribution in [0.5, 0.6) is 0 Å². The van der Waals surface area contributed by atoms with Crippen molar-refractivity contribution < 1.29 is 9.53 Å². The summed E-state index contributed by atoms with van der Waals surface area (Å²) in [5.41, 5.74) is 3.47. The summed E-state index contributed by atoms with van der Waals surface area (Å²) in [6.07, 6.45) is 1.18. The Kier molecular flexibility index (Phi) is 5.59. The molecule has 0 amide bonds. The zero-order chi connectivity index (χ0) is 16.9. The Labute approximate surface area is 139 Å². The van der Waals surface area contributed by atoms with E-state index in [2.05, 4.69) is 32.9 Å². The predicted octanol–water partition coefficient (Wildman–Crippen LogP) is 5.22. The van der Waals surface area contributed by atoms with Crippen molar-refractivity contribution in [2.75, 3.05) is 0 Å². The van der Waals surface area contributed by atoms with Crippen LogP contribution in [0.1, 0.15) is 56.9 Å². The van der Waals surface area contributed by atoms with E-state index in [4.69, 9.17) is 4.74 Å². The average molecular weight is 310 g/mol. The van der Waals surface area contributed by atoms with Crippen LogP contribution in [0.2, 0.25) is 0 Å².